The lowest BCUT2D eigenvalue weighted by molar-refractivity contribution is 0.0103. The van der Waals surface area contributed by atoms with Crippen LogP contribution in [0.4, 0.5) is 0 Å². The summed E-state index contributed by atoms with van der Waals surface area (Å²) in [5.41, 5.74) is 0. The maximum atomic E-state index is 5.70. The highest BCUT2D eigenvalue weighted by Crippen LogP contribution is 2.22. The molecule has 88 valence electrons. The summed E-state index contributed by atoms with van der Waals surface area (Å²) in [6, 6.07) is 0.556. The van der Waals surface area contributed by atoms with Gasteiger partial charge in [0.2, 0.25) is 0 Å². The summed E-state index contributed by atoms with van der Waals surface area (Å²) < 4.78 is 11.2. The Balaban J connectivity index is 1.67. The third-order valence-corrected chi connectivity index (χ3v) is 3.64. The van der Waals surface area contributed by atoms with E-state index < -0.39 is 0 Å². The Labute approximate surface area is 92.5 Å². The van der Waals surface area contributed by atoms with Gasteiger partial charge in [-0.25, -0.2) is 0 Å². The lowest BCUT2D eigenvalue weighted by Gasteiger charge is -2.26. The summed E-state index contributed by atoms with van der Waals surface area (Å²) in [7, 11) is 1.82. The molecule has 0 aromatic carbocycles. The van der Waals surface area contributed by atoms with E-state index in [0.29, 0.717) is 18.2 Å². The Kier molecular flexibility index (Phi) is 4.42. The zero-order chi connectivity index (χ0) is 10.5. The molecule has 0 radical (unpaired) electrons. The van der Waals surface area contributed by atoms with E-state index >= 15 is 0 Å². The minimum atomic E-state index is 0.425. The minimum Gasteiger partial charge on any atom is -0.380 e. The fourth-order valence-corrected chi connectivity index (χ4v) is 2.69. The topological polar surface area (TPSA) is 30.5 Å². The molecule has 0 amide bonds. The largest absolute Gasteiger partial charge is 0.380 e. The van der Waals surface area contributed by atoms with Crippen molar-refractivity contribution in [2.45, 2.75) is 56.8 Å². The minimum absolute atomic E-state index is 0.425. The van der Waals surface area contributed by atoms with E-state index in [0.717, 1.165) is 13.2 Å². The molecule has 2 rings (SSSR count). The van der Waals surface area contributed by atoms with Crippen LogP contribution in [-0.4, -0.2) is 38.5 Å². The van der Waals surface area contributed by atoms with E-state index in [4.69, 9.17) is 9.47 Å². The smallest absolute Gasteiger partial charge is 0.0724 e. The first-order valence-electron chi connectivity index (χ1n) is 6.28. The van der Waals surface area contributed by atoms with Crippen LogP contribution in [0.25, 0.3) is 0 Å². The van der Waals surface area contributed by atoms with E-state index in [1.807, 2.05) is 7.11 Å². The Morgan fingerprint density at radius 1 is 1.20 bits per heavy atom. The van der Waals surface area contributed by atoms with Gasteiger partial charge in [0.25, 0.3) is 0 Å². The van der Waals surface area contributed by atoms with Crippen molar-refractivity contribution in [3.05, 3.63) is 0 Å². The maximum Gasteiger partial charge on any atom is 0.0724 e. The molecule has 1 aliphatic heterocycles. The Morgan fingerprint density at radius 3 is 2.87 bits per heavy atom. The number of ether oxygens (including phenoxy) is 2. The number of methoxy groups -OCH3 is 1. The first-order chi connectivity index (χ1) is 7.40. The first kappa shape index (κ1) is 11.4. The highest BCUT2D eigenvalue weighted by molar-refractivity contribution is 4.84. The van der Waals surface area contributed by atoms with Gasteiger partial charge in [-0.1, -0.05) is 0 Å². The van der Waals surface area contributed by atoms with Crippen LogP contribution in [0, 0.1) is 0 Å². The van der Waals surface area contributed by atoms with E-state index in [-0.39, 0.29) is 0 Å². The molecule has 1 aliphatic carbocycles. The van der Waals surface area contributed by atoms with Gasteiger partial charge >= 0.3 is 0 Å². The summed E-state index contributed by atoms with van der Waals surface area (Å²) in [5.74, 6) is 0. The third kappa shape index (κ3) is 3.16. The van der Waals surface area contributed by atoms with Crippen molar-refractivity contribution >= 4 is 0 Å². The van der Waals surface area contributed by atoms with Crippen LogP contribution in [-0.2, 0) is 9.47 Å². The molecule has 3 nitrogen and oxygen atoms in total. The van der Waals surface area contributed by atoms with Crippen molar-refractivity contribution in [2.24, 2.45) is 0 Å². The molecule has 0 spiro atoms. The molecular formula is C12H23NO2. The Bertz CT molecular complexity index is 180. The standard InChI is InChI=1S/C12H23NO2/c1-14-12-7-4-6-11(12)13-9-10-5-2-3-8-15-10/h10-13H,2-9H2,1H3. The second-order valence-corrected chi connectivity index (χ2v) is 4.71. The molecule has 2 aliphatic rings. The molecule has 2 fully saturated rings. The second-order valence-electron chi connectivity index (χ2n) is 4.71. The van der Waals surface area contributed by atoms with E-state index in [1.165, 1.54) is 38.5 Å². The molecule has 0 aromatic heterocycles. The lowest BCUT2D eigenvalue weighted by atomic mass is 10.1. The van der Waals surface area contributed by atoms with Crippen molar-refractivity contribution in [1.82, 2.24) is 5.32 Å². The number of hydrogen-bond donors (Lipinski definition) is 1. The normalized spacial score (nSPS) is 37.0. The summed E-state index contributed by atoms with van der Waals surface area (Å²) in [4.78, 5) is 0. The highest BCUT2D eigenvalue weighted by atomic mass is 16.5. The molecule has 3 heteroatoms. The van der Waals surface area contributed by atoms with E-state index in [1.54, 1.807) is 0 Å². The van der Waals surface area contributed by atoms with Crippen LogP contribution < -0.4 is 5.32 Å². The number of rotatable bonds is 4. The second kappa shape index (κ2) is 5.83. The van der Waals surface area contributed by atoms with E-state index in [9.17, 15) is 0 Å². The first-order valence-corrected chi connectivity index (χ1v) is 6.28. The van der Waals surface area contributed by atoms with Gasteiger partial charge in [0.1, 0.15) is 0 Å². The summed E-state index contributed by atoms with van der Waals surface area (Å²) >= 11 is 0. The van der Waals surface area contributed by atoms with Gasteiger partial charge in [-0.05, 0) is 38.5 Å². The molecule has 1 N–H and O–H groups in total. The molecule has 15 heavy (non-hydrogen) atoms. The number of hydrogen-bond acceptors (Lipinski definition) is 3. The van der Waals surface area contributed by atoms with Crippen molar-refractivity contribution < 1.29 is 9.47 Å². The van der Waals surface area contributed by atoms with Crippen LogP contribution >= 0.6 is 0 Å². The summed E-state index contributed by atoms with van der Waals surface area (Å²) in [6.45, 7) is 1.95. The zero-order valence-corrected chi connectivity index (χ0v) is 9.71. The van der Waals surface area contributed by atoms with Crippen LogP contribution in [0.1, 0.15) is 38.5 Å². The molecule has 0 aromatic rings. The van der Waals surface area contributed by atoms with Crippen LogP contribution in [0.5, 0.6) is 0 Å². The van der Waals surface area contributed by atoms with Crippen LogP contribution in [0.15, 0.2) is 0 Å². The third-order valence-electron chi connectivity index (χ3n) is 3.64. The molecule has 1 heterocycles. The van der Waals surface area contributed by atoms with Gasteiger partial charge in [0.05, 0.1) is 12.2 Å². The molecular weight excluding hydrogens is 190 g/mol. The monoisotopic (exact) mass is 213 g/mol. The predicted molar refractivity (Wildman–Crippen MR) is 60.0 cm³/mol. The summed E-state index contributed by atoms with van der Waals surface area (Å²) in [6.07, 6.45) is 8.40. The SMILES string of the molecule is COC1CCCC1NCC1CCCCO1. The molecule has 1 saturated carbocycles. The van der Waals surface area contributed by atoms with Gasteiger partial charge in [0.15, 0.2) is 0 Å². The van der Waals surface area contributed by atoms with Crippen LogP contribution in [0.2, 0.25) is 0 Å². The maximum absolute atomic E-state index is 5.70. The van der Waals surface area contributed by atoms with Gasteiger partial charge < -0.3 is 14.8 Å². The van der Waals surface area contributed by atoms with Crippen molar-refractivity contribution in [3.8, 4) is 0 Å². The average molecular weight is 213 g/mol. The van der Waals surface area contributed by atoms with Crippen LogP contribution in [0.3, 0.4) is 0 Å². The Morgan fingerprint density at radius 2 is 2.13 bits per heavy atom. The predicted octanol–water partition coefficient (Wildman–Crippen LogP) is 1.71. The quantitative estimate of drug-likeness (QED) is 0.771. The molecule has 1 saturated heterocycles. The fourth-order valence-electron chi connectivity index (χ4n) is 2.69. The lowest BCUT2D eigenvalue weighted by Crippen LogP contribution is -2.42. The number of nitrogens with one attached hydrogen (secondary N) is 1. The van der Waals surface area contributed by atoms with Gasteiger partial charge in [-0.15, -0.1) is 0 Å². The van der Waals surface area contributed by atoms with Crippen molar-refractivity contribution in [1.29, 1.82) is 0 Å². The van der Waals surface area contributed by atoms with Gasteiger partial charge in [-0.3, -0.25) is 0 Å². The van der Waals surface area contributed by atoms with Crippen molar-refractivity contribution in [3.63, 3.8) is 0 Å². The van der Waals surface area contributed by atoms with Gasteiger partial charge in [0, 0.05) is 26.3 Å². The fraction of sp³-hybridized carbons (Fsp3) is 1.00. The molecule has 0 bridgehead atoms. The van der Waals surface area contributed by atoms with Crippen molar-refractivity contribution in [2.75, 3.05) is 20.3 Å². The highest BCUT2D eigenvalue weighted by Gasteiger charge is 2.27. The Hall–Kier alpha value is -0.120. The van der Waals surface area contributed by atoms with E-state index in [2.05, 4.69) is 5.32 Å². The summed E-state index contributed by atoms with van der Waals surface area (Å²) in [5, 5.41) is 3.60. The molecule has 3 atom stereocenters. The zero-order valence-electron chi connectivity index (χ0n) is 9.71. The van der Waals surface area contributed by atoms with Gasteiger partial charge in [-0.2, -0.15) is 0 Å². The molecule has 3 unspecified atom stereocenters. The average Bonchev–Trinajstić information content (AvgIpc) is 2.75.